The Hall–Kier alpha value is -4.70. The molecule has 6 rings (SSSR count). The Morgan fingerprint density at radius 1 is 1.08 bits per heavy atom. The van der Waals surface area contributed by atoms with Crippen molar-refractivity contribution >= 4 is 51.9 Å². The van der Waals surface area contributed by atoms with Crippen LogP contribution in [0.1, 0.15) is 38.0 Å². The first-order valence-electron chi connectivity index (χ1n) is 12.0. The lowest BCUT2D eigenvalue weighted by Crippen LogP contribution is -2.30. The minimum Gasteiger partial charge on any atom is -0.478 e. The van der Waals surface area contributed by atoms with Gasteiger partial charge in [0, 0.05) is 17.9 Å². The second kappa shape index (κ2) is 9.64. The molecule has 3 aromatic carbocycles. The lowest BCUT2D eigenvalue weighted by Gasteiger charge is -2.17. The zero-order valence-corrected chi connectivity index (χ0v) is 20.8. The highest BCUT2D eigenvalue weighted by Gasteiger charge is 2.36. The molecule has 0 spiro atoms. The molecule has 1 unspecified atom stereocenters. The number of aromatic carboxylic acids is 1. The quantitative estimate of drug-likeness (QED) is 0.365. The Balaban J connectivity index is 1.36. The number of hydrogen-bond acceptors (Lipinski definition) is 7. The van der Waals surface area contributed by atoms with Gasteiger partial charge >= 0.3 is 5.97 Å². The molecule has 0 saturated carbocycles. The number of nitrogens with zero attached hydrogens (tertiary/aromatic N) is 4. The molecule has 10 heteroatoms. The Kier molecular flexibility index (Phi) is 6.01. The van der Waals surface area contributed by atoms with Gasteiger partial charge in [0.25, 0.3) is 0 Å². The van der Waals surface area contributed by atoms with Crippen LogP contribution in [0.4, 0.5) is 17.1 Å². The molecule has 2 aliphatic rings. The average Bonchev–Trinajstić information content (AvgIpc) is 3.65. The number of carboxylic acids is 1. The fourth-order valence-corrected chi connectivity index (χ4v) is 5.44. The fraction of sp³-hybridized carbons (Fsp3) is 0.143. The Morgan fingerprint density at radius 2 is 1.92 bits per heavy atom. The number of carbonyl (C=O) groups is 3. The average molecular weight is 524 g/mol. The van der Waals surface area contributed by atoms with Crippen molar-refractivity contribution in [3.63, 3.8) is 0 Å². The van der Waals surface area contributed by atoms with Gasteiger partial charge in [-0.1, -0.05) is 36.4 Å². The van der Waals surface area contributed by atoms with E-state index < -0.39 is 11.9 Å². The Morgan fingerprint density at radius 3 is 2.68 bits per heavy atom. The third-order valence-electron chi connectivity index (χ3n) is 6.69. The van der Waals surface area contributed by atoms with Gasteiger partial charge in [-0.25, -0.2) is 4.79 Å². The number of hydrogen-bond donors (Lipinski definition) is 2. The summed E-state index contributed by atoms with van der Waals surface area (Å²) in [5.74, 6) is -2.05. The maximum Gasteiger partial charge on any atom is 0.335 e. The summed E-state index contributed by atoms with van der Waals surface area (Å²) < 4.78 is 0. The van der Waals surface area contributed by atoms with Crippen molar-refractivity contribution in [1.82, 2.24) is 10.2 Å². The van der Waals surface area contributed by atoms with Crippen molar-refractivity contribution in [2.45, 2.75) is 18.8 Å². The lowest BCUT2D eigenvalue weighted by atomic mass is 9.90. The van der Waals surface area contributed by atoms with Gasteiger partial charge in [-0.05, 0) is 53.4 Å². The van der Waals surface area contributed by atoms with Gasteiger partial charge in [0.15, 0.2) is 0 Å². The van der Waals surface area contributed by atoms with Crippen LogP contribution in [0.3, 0.4) is 0 Å². The lowest BCUT2D eigenvalue weighted by molar-refractivity contribution is -0.118. The van der Waals surface area contributed by atoms with E-state index in [2.05, 4.69) is 15.5 Å². The predicted molar refractivity (Wildman–Crippen MR) is 144 cm³/mol. The fourth-order valence-electron chi connectivity index (χ4n) is 4.93. The number of fused-ring (bicyclic) bond motifs is 2. The van der Waals surface area contributed by atoms with Crippen LogP contribution in [0.15, 0.2) is 77.2 Å². The molecular weight excluding hydrogens is 502 g/mol. The number of benzene rings is 3. The van der Waals surface area contributed by atoms with Gasteiger partial charge in [-0.15, -0.1) is 21.5 Å². The minimum absolute atomic E-state index is 0.0262. The number of rotatable bonds is 6. The van der Waals surface area contributed by atoms with Crippen LogP contribution in [-0.4, -0.2) is 45.3 Å². The minimum atomic E-state index is -1.06. The summed E-state index contributed by atoms with van der Waals surface area (Å²) in [4.78, 5) is 44.2. The second-order valence-corrected chi connectivity index (χ2v) is 9.93. The topological polar surface area (TPSA) is 125 Å². The van der Waals surface area contributed by atoms with Gasteiger partial charge in [-0.3, -0.25) is 14.6 Å². The number of carboxylic acid groups (broad SMARTS) is 1. The summed E-state index contributed by atoms with van der Waals surface area (Å²) in [6.45, 7) is 0.579. The largest absolute Gasteiger partial charge is 0.478 e. The third-order valence-corrected chi connectivity index (χ3v) is 7.39. The number of carbonyl (C=O) groups excluding carboxylic acids is 2. The van der Waals surface area contributed by atoms with Gasteiger partial charge in [0.1, 0.15) is 16.4 Å². The van der Waals surface area contributed by atoms with E-state index in [0.29, 0.717) is 40.6 Å². The molecule has 0 radical (unpaired) electrons. The molecular formula is C28H21N5O4S. The summed E-state index contributed by atoms with van der Waals surface area (Å²) in [5, 5.41) is 20.6. The van der Waals surface area contributed by atoms with Crippen LogP contribution >= 0.6 is 11.3 Å². The highest BCUT2D eigenvalue weighted by molar-refractivity contribution is 7.09. The van der Waals surface area contributed by atoms with Crippen LogP contribution < -0.4 is 10.2 Å². The highest BCUT2D eigenvalue weighted by Crippen LogP contribution is 2.38. The molecule has 1 atom stereocenters. The SMILES string of the molecule is O=C(O)c1ccc2c(c1)NC(=O)C2C(=Nc1ccc2c(c1)CCN2C(=O)Cc1nncs1)c1ccccc1. The van der Waals surface area contributed by atoms with Crippen molar-refractivity contribution in [2.24, 2.45) is 4.99 Å². The third kappa shape index (κ3) is 4.35. The number of anilines is 2. The molecule has 2 amide bonds. The van der Waals surface area contributed by atoms with Gasteiger partial charge in [-0.2, -0.15) is 0 Å². The van der Waals surface area contributed by atoms with Crippen molar-refractivity contribution in [2.75, 3.05) is 16.8 Å². The molecule has 3 heterocycles. The molecule has 38 heavy (non-hydrogen) atoms. The molecule has 9 nitrogen and oxygen atoms in total. The van der Waals surface area contributed by atoms with Crippen LogP contribution in [0, 0.1) is 0 Å². The molecule has 2 N–H and O–H groups in total. The first kappa shape index (κ1) is 23.7. The van der Waals surface area contributed by atoms with E-state index in [9.17, 15) is 19.5 Å². The monoisotopic (exact) mass is 523 g/mol. The number of nitrogens with one attached hydrogen (secondary N) is 1. The van der Waals surface area contributed by atoms with Crippen molar-refractivity contribution in [3.05, 3.63) is 99.5 Å². The van der Waals surface area contributed by atoms with Gasteiger partial charge < -0.3 is 15.3 Å². The van der Waals surface area contributed by atoms with E-state index in [4.69, 9.17) is 4.99 Å². The number of amides is 2. The van der Waals surface area contributed by atoms with Crippen LogP contribution in [-0.2, 0) is 22.4 Å². The van der Waals surface area contributed by atoms with E-state index in [1.807, 2.05) is 48.5 Å². The summed E-state index contributed by atoms with van der Waals surface area (Å²) in [5.41, 5.74) is 6.75. The summed E-state index contributed by atoms with van der Waals surface area (Å²) in [6, 6.07) is 19.8. The second-order valence-electron chi connectivity index (χ2n) is 9.01. The molecule has 4 aromatic rings. The van der Waals surface area contributed by atoms with Crippen LogP contribution in [0.25, 0.3) is 0 Å². The van der Waals surface area contributed by atoms with Crippen LogP contribution in [0.2, 0.25) is 0 Å². The molecule has 0 saturated heterocycles. The zero-order chi connectivity index (χ0) is 26.2. The van der Waals surface area contributed by atoms with E-state index >= 15 is 0 Å². The summed E-state index contributed by atoms with van der Waals surface area (Å²) in [6.07, 6.45) is 0.911. The van der Waals surface area contributed by atoms with E-state index in [1.54, 1.807) is 16.5 Å². The standard InChI is InChI=1S/C28H21N5O4S/c34-24(14-23-32-29-15-38-23)33-11-10-17-12-19(7-9-22(17)33)30-26(16-4-2-1-3-5-16)25-20-8-6-18(28(36)37)13-21(20)31-27(25)35/h1-9,12-13,15,25H,10-11,14H2,(H,31,35)(H,36,37). The van der Waals surface area contributed by atoms with E-state index in [-0.39, 0.29) is 23.8 Å². The van der Waals surface area contributed by atoms with Crippen molar-refractivity contribution < 1.29 is 19.5 Å². The summed E-state index contributed by atoms with van der Waals surface area (Å²) >= 11 is 1.36. The molecule has 2 aliphatic heterocycles. The van der Waals surface area contributed by atoms with Gasteiger partial charge in [0.05, 0.1) is 23.4 Å². The number of aromatic nitrogens is 2. The first-order valence-corrected chi connectivity index (χ1v) is 12.9. The number of aliphatic imine (C=N–C) groups is 1. The van der Waals surface area contributed by atoms with Crippen LogP contribution in [0.5, 0.6) is 0 Å². The highest BCUT2D eigenvalue weighted by atomic mass is 32.1. The maximum atomic E-state index is 13.2. The maximum absolute atomic E-state index is 13.2. The smallest absolute Gasteiger partial charge is 0.335 e. The van der Waals surface area contributed by atoms with Crippen molar-refractivity contribution in [1.29, 1.82) is 0 Å². The molecule has 0 aliphatic carbocycles. The normalized spacial score (nSPS) is 16.2. The molecule has 1 aromatic heterocycles. The van der Waals surface area contributed by atoms with Gasteiger partial charge in [0.2, 0.25) is 11.8 Å². The molecule has 188 valence electrons. The zero-order valence-electron chi connectivity index (χ0n) is 20.0. The predicted octanol–water partition coefficient (Wildman–Crippen LogP) is 4.22. The molecule has 0 fully saturated rings. The Bertz CT molecular complexity index is 1600. The van der Waals surface area contributed by atoms with E-state index in [1.165, 1.54) is 23.5 Å². The molecule has 0 bridgehead atoms. The first-order chi connectivity index (χ1) is 18.5. The Labute approximate surface area is 221 Å². The summed E-state index contributed by atoms with van der Waals surface area (Å²) in [7, 11) is 0. The van der Waals surface area contributed by atoms with E-state index in [0.717, 1.165) is 16.8 Å². The van der Waals surface area contributed by atoms with Crippen molar-refractivity contribution in [3.8, 4) is 0 Å².